The van der Waals surface area contributed by atoms with Crippen LogP contribution in [0, 0.1) is 12.8 Å². The summed E-state index contributed by atoms with van der Waals surface area (Å²) < 4.78 is 0.838. The van der Waals surface area contributed by atoms with Gasteiger partial charge in [0.05, 0.1) is 5.69 Å². The van der Waals surface area contributed by atoms with E-state index in [1.165, 1.54) is 4.80 Å². The highest BCUT2D eigenvalue weighted by Gasteiger charge is 2.27. The number of benzene rings is 2. The van der Waals surface area contributed by atoms with Gasteiger partial charge < -0.3 is 5.32 Å². The molecule has 0 aliphatic rings. The SMILES string of the molecule is Cc1ccc(NC(=O)C(C(C)C)n2nnc(-c3ccccc3)n2)c(Br)c1. The van der Waals surface area contributed by atoms with E-state index in [0.717, 1.165) is 21.3 Å². The van der Waals surface area contributed by atoms with Crippen LogP contribution in [0.4, 0.5) is 5.69 Å². The number of hydrogen-bond acceptors (Lipinski definition) is 4. The van der Waals surface area contributed by atoms with Crippen molar-refractivity contribution in [2.75, 3.05) is 5.32 Å². The van der Waals surface area contributed by atoms with Crippen molar-refractivity contribution in [3.8, 4) is 11.4 Å². The zero-order valence-electron chi connectivity index (χ0n) is 14.8. The summed E-state index contributed by atoms with van der Waals surface area (Å²) in [5.41, 5.74) is 2.69. The molecule has 0 aliphatic heterocycles. The lowest BCUT2D eigenvalue weighted by Crippen LogP contribution is -2.31. The molecule has 7 heteroatoms. The van der Waals surface area contributed by atoms with E-state index in [4.69, 9.17) is 0 Å². The van der Waals surface area contributed by atoms with Crippen LogP contribution in [-0.4, -0.2) is 26.1 Å². The minimum absolute atomic E-state index is 0.00273. The van der Waals surface area contributed by atoms with Gasteiger partial charge in [-0.2, -0.15) is 4.80 Å². The summed E-state index contributed by atoms with van der Waals surface area (Å²) in [7, 11) is 0. The molecule has 3 rings (SSSR count). The van der Waals surface area contributed by atoms with Crippen LogP contribution in [-0.2, 0) is 4.79 Å². The van der Waals surface area contributed by atoms with Crippen molar-refractivity contribution < 1.29 is 4.79 Å². The summed E-state index contributed by atoms with van der Waals surface area (Å²) in [5, 5.41) is 15.6. The number of carbonyl (C=O) groups excluding carboxylic acids is 1. The fraction of sp³-hybridized carbons (Fsp3) is 0.263. The second kappa shape index (κ2) is 7.78. The van der Waals surface area contributed by atoms with E-state index in [0.29, 0.717) is 5.82 Å². The standard InChI is InChI=1S/C19H20BrN5O/c1-12(2)17(19(26)21-16-10-9-13(3)11-15(16)20)25-23-18(22-24-25)14-7-5-4-6-8-14/h4-12,17H,1-3H3,(H,21,26). The molecular weight excluding hydrogens is 394 g/mol. The molecule has 1 atom stereocenters. The molecule has 26 heavy (non-hydrogen) atoms. The number of aromatic nitrogens is 4. The van der Waals surface area contributed by atoms with Crippen molar-refractivity contribution in [1.29, 1.82) is 0 Å². The van der Waals surface area contributed by atoms with Crippen LogP contribution in [0.1, 0.15) is 25.5 Å². The Morgan fingerprint density at radius 1 is 1.15 bits per heavy atom. The highest BCUT2D eigenvalue weighted by molar-refractivity contribution is 9.10. The number of halogens is 1. The van der Waals surface area contributed by atoms with Crippen LogP contribution >= 0.6 is 15.9 Å². The summed E-state index contributed by atoms with van der Waals surface area (Å²) in [5.74, 6) is 0.319. The van der Waals surface area contributed by atoms with Gasteiger partial charge >= 0.3 is 0 Å². The molecule has 2 aromatic carbocycles. The second-order valence-electron chi connectivity index (χ2n) is 6.46. The number of nitrogens with zero attached hydrogens (tertiary/aromatic N) is 4. The van der Waals surface area contributed by atoms with Crippen molar-refractivity contribution in [1.82, 2.24) is 20.2 Å². The first-order valence-electron chi connectivity index (χ1n) is 8.37. The van der Waals surface area contributed by atoms with Gasteiger partial charge in [-0.1, -0.05) is 50.2 Å². The van der Waals surface area contributed by atoms with Crippen molar-refractivity contribution >= 4 is 27.5 Å². The number of aryl methyl sites for hydroxylation is 1. The van der Waals surface area contributed by atoms with E-state index in [1.807, 2.05) is 69.3 Å². The minimum atomic E-state index is -0.562. The van der Waals surface area contributed by atoms with Gasteiger partial charge in [-0.25, -0.2) is 0 Å². The maximum atomic E-state index is 12.9. The molecule has 0 radical (unpaired) electrons. The summed E-state index contributed by atoms with van der Waals surface area (Å²) in [4.78, 5) is 14.3. The molecule has 134 valence electrons. The van der Waals surface area contributed by atoms with Crippen molar-refractivity contribution in [2.24, 2.45) is 5.92 Å². The van der Waals surface area contributed by atoms with Crippen molar-refractivity contribution in [3.63, 3.8) is 0 Å². The highest BCUT2D eigenvalue weighted by Crippen LogP contribution is 2.26. The fourth-order valence-corrected chi connectivity index (χ4v) is 3.24. The molecule has 3 aromatic rings. The average Bonchev–Trinajstić information content (AvgIpc) is 3.07. The van der Waals surface area contributed by atoms with Crippen LogP contribution in [0.5, 0.6) is 0 Å². The number of rotatable bonds is 5. The Kier molecular flexibility index (Phi) is 5.46. The summed E-state index contributed by atoms with van der Waals surface area (Å²) in [6, 6.07) is 14.8. The second-order valence-corrected chi connectivity index (χ2v) is 7.32. The normalized spacial score (nSPS) is 12.2. The molecule has 1 amide bonds. The third-order valence-electron chi connectivity index (χ3n) is 3.99. The van der Waals surface area contributed by atoms with Crippen LogP contribution in [0.3, 0.4) is 0 Å². The minimum Gasteiger partial charge on any atom is -0.323 e. The molecule has 1 aromatic heterocycles. The predicted octanol–water partition coefficient (Wildman–Crippen LogP) is 4.25. The van der Waals surface area contributed by atoms with Crippen LogP contribution in [0.25, 0.3) is 11.4 Å². The number of anilines is 1. The van der Waals surface area contributed by atoms with E-state index in [9.17, 15) is 4.79 Å². The van der Waals surface area contributed by atoms with Gasteiger partial charge in [0.25, 0.3) is 5.91 Å². The van der Waals surface area contributed by atoms with Gasteiger partial charge in [-0.3, -0.25) is 4.79 Å². The molecule has 0 aliphatic carbocycles. The Hall–Kier alpha value is -2.54. The van der Waals surface area contributed by atoms with Gasteiger partial charge in [0.15, 0.2) is 6.04 Å². The molecular formula is C19H20BrN5O. The van der Waals surface area contributed by atoms with Gasteiger partial charge in [0.2, 0.25) is 5.82 Å². The van der Waals surface area contributed by atoms with E-state index < -0.39 is 6.04 Å². The third-order valence-corrected chi connectivity index (χ3v) is 4.65. The first kappa shape index (κ1) is 18.3. The molecule has 0 spiro atoms. The lowest BCUT2D eigenvalue weighted by Gasteiger charge is -2.19. The Bertz CT molecular complexity index is 907. The lowest BCUT2D eigenvalue weighted by atomic mass is 10.0. The first-order chi connectivity index (χ1) is 12.5. The third kappa shape index (κ3) is 3.99. The molecule has 1 unspecified atom stereocenters. The van der Waals surface area contributed by atoms with Crippen molar-refractivity contribution in [2.45, 2.75) is 26.8 Å². The van der Waals surface area contributed by atoms with E-state index >= 15 is 0 Å². The van der Waals surface area contributed by atoms with Crippen LogP contribution < -0.4 is 5.32 Å². The van der Waals surface area contributed by atoms with Gasteiger partial charge in [0.1, 0.15) is 0 Å². The first-order valence-corrected chi connectivity index (χ1v) is 9.17. The zero-order valence-corrected chi connectivity index (χ0v) is 16.4. The number of carbonyl (C=O) groups is 1. The molecule has 0 saturated carbocycles. The summed E-state index contributed by atoms with van der Waals surface area (Å²) in [6.07, 6.45) is 0. The Morgan fingerprint density at radius 2 is 1.88 bits per heavy atom. The Labute approximate surface area is 160 Å². The van der Waals surface area contributed by atoms with E-state index in [-0.39, 0.29) is 11.8 Å². The molecule has 0 saturated heterocycles. The topological polar surface area (TPSA) is 72.7 Å². The largest absolute Gasteiger partial charge is 0.323 e. The monoisotopic (exact) mass is 413 g/mol. The molecule has 6 nitrogen and oxygen atoms in total. The number of tetrazole rings is 1. The fourth-order valence-electron chi connectivity index (χ4n) is 2.65. The van der Waals surface area contributed by atoms with E-state index in [2.05, 4.69) is 36.7 Å². The molecule has 1 heterocycles. The summed E-state index contributed by atoms with van der Waals surface area (Å²) in [6.45, 7) is 5.91. The Balaban J connectivity index is 1.85. The number of hydrogen-bond donors (Lipinski definition) is 1. The predicted molar refractivity (Wildman–Crippen MR) is 105 cm³/mol. The maximum absolute atomic E-state index is 12.9. The molecule has 1 N–H and O–H groups in total. The number of amides is 1. The van der Waals surface area contributed by atoms with Crippen LogP contribution in [0.15, 0.2) is 53.0 Å². The number of nitrogens with one attached hydrogen (secondary N) is 1. The molecule has 0 bridgehead atoms. The summed E-state index contributed by atoms with van der Waals surface area (Å²) >= 11 is 3.49. The van der Waals surface area contributed by atoms with Gasteiger partial charge in [-0.05, 0) is 51.7 Å². The van der Waals surface area contributed by atoms with Gasteiger partial charge in [0, 0.05) is 10.0 Å². The quantitative estimate of drug-likeness (QED) is 0.678. The van der Waals surface area contributed by atoms with Crippen LogP contribution in [0.2, 0.25) is 0 Å². The van der Waals surface area contributed by atoms with E-state index in [1.54, 1.807) is 0 Å². The smallest absolute Gasteiger partial charge is 0.251 e. The average molecular weight is 414 g/mol. The lowest BCUT2D eigenvalue weighted by molar-refractivity contribution is -0.121. The Morgan fingerprint density at radius 3 is 2.54 bits per heavy atom. The highest BCUT2D eigenvalue weighted by atomic mass is 79.9. The van der Waals surface area contributed by atoms with Crippen molar-refractivity contribution in [3.05, 3.63) is 58.6 Å². The zero-order chi connectivity index (χ0) is 18.7. The molecule has 0 fully saturated rings. The van der Waals surface area contributed by atoms with Gasteiger partial charge in [-0.15, -0.1) is 10.2 Å². The maximum Gasteiger partial charge on any atom is 0.251 e.